The Morgan fingerprint density at radius 3 is 1.79 bits per heavy atom. The first-order valence-electron chi connectivity index (χ1n) is 10.0. The maximum absolute atomic E-state index is 2.42. The molecule has 6 rings (SSSR count). The van der Waals surface area contributed by atoms with Gasteiger partial charge in [0, 0.05) is 0 Å². The van der Waals surface area contributed by atoms with Crippen LogP contribution in [0, 0.1) is 20.8 Å². The normalized spacial score (nSPS) is 14.5. The molecule has 0 bridgehead atoms. The van der Waals surface area contributed by atoms with Gasteiger partial charge in [0.2, 0.25) is 0 Å². The second kappa shape index (κ2) is 5.23. The molecule has 0 amide bonds. The minimum atomic E-state index is -0.207. The Bertz CT molecular complexity index is 1240. The van der Waals surface area contributed by atoms with E-state index in [9.17, 15) is 0 Å². The molecule has 0 heterocycles. The van der Waals surface area contributed by atoms with E-state index in [0.717, 1.165) is 0 Å². The summed E-state index contributed by atoms with van der Waals surface area (Å²) in [4.78, 5) is 0. The van der Waals surface area contributed by atoms with E-state index >= 15 is 0 Å². The maximum atomic E-state index is 2.42. The van der Waals surface area contributed by atoms with E-state index in [1.54, 1.807) is 0 Å². The largest absolute Gasteiger partial charge is 0.0728 e. The van der Waals surface area contributed by atoms with Crippen molar-refractivity contribution in [3.8, 4) is 22.3 Å². The zero-order valence-corrected chi connectivity index (χ0v) is 16.5. The zero-order chi connectivity index (χ0) is 19.0. The summed E-state index contributed by atoms with van der Waals surface area (Å²) in [6.45, 7) is 6.71. The van der Waals surface area contributed by atoms with Crippen LogP contribution in [0.2, 0.25) is 0 Å². The fourth-order valence-corrected chi connectivity index (χ4v) is 5.81. The molecule has 0 atom stereocenters. The van der Waals surface area contributed by atoms with Crippen molar-refractivity contribution in [1.29, 1.82) is 0 Å². The van der Waals surface area contributed by atoms with Crippen LogP contribution in [0.1, 0.15) is 38.9 Å². The molecular weight excluding hydrogens is 336 g/mol. The van der Waals surface area contributed by atoms with E-state index in [-0.39, 0.29) is 5.41 Å². The lowest BCUT2D eigenvalue weighted by Gasteiger charge is -2.32. The molecule has 4 aromatic carbocycles. The molecule has 134 valence electrons. The predicted molar refractivity (Wildman–Crippen MR) is 117 cm³/mol. The molecule has 2 aliphatic rings. The summed E-state index contributed by atoms with van der Waals surface area (Å²) in [5.74, 6) is 0. The molecule has 0 heteroatoms. The first kappa shape index (κ1) is 15.9. The van der Waals surface area contributed by atoms with Gasteiger partial charge in [-0.25, -0.2) is 0 Å². The Balaban J connectivity index is 1.90. The van der Waals surface area contributed by atoms with Crippen LogP contribution >= 0.6 is 0 Å². The fraction of sp³-hybridized carbons (Fsp3) is 0.143. The smallest absolute Gasteiger partial charge is 0.0619 e. The van der Waals surface area contributed by atoms with E-state index in [2.05, 4.69) is 99.6 Å². The van der Waals surface area contributed by atoms with Gasteiger partial charge in [0.05, 0.1) is 5.41 Å². The van der Waals surface area contributed by atoms with Gasteiger partial charge in [0.15, 0.2) is 0 Å². The third-order valence-corrected chi connectivity index (χ3v) is 6.68. The van der Waals surface area contributed by atoms with Crippen LogP contribution in [0.4, 0.5) is 0 Å². The molecule has 0 fully saturated rings. The molecule has 4 aromatic rings. The first-order chi connectivity index (χ1) is 13.6. The number of benzene rings is 4. The Kier molecular flexibility index (Phi) is 2.97. The minimum Gasteiger partial charge on any atom is -0.0619 e. The van der Waals surface area contributed by atoms with Crippen LogP contribution in [0.15, 0.2) is 78.9 Å². The van der Waals surface area contributed by atoms with Gasteiger partial charge in [0.25, 0.3) is 0 Å². The SMILES string of the molecule is Cc1cc(C)c2c(c1)-c1ccc(C)cc1C21c2ccccc2-c2ccccc21. The molecule has 2 aliphatic carbocycles. The Morgan fingerprint density at radius 2 is 1.11 bits per heavy atom. The molecule has 0 radical (unpaired) electrons. The summed E-state index contributed by atoms with van der Waals surface area (Å²) in [6, 6.07) is 29.7. The lowest BCUT2D eigenvalue weighted by atomic mass is 9.69. The van der Waals surface area contributed by atoms with E-state index in [1.807, 2.05) is 0 Å². The maximum Gasteiger partial charge on any atom is 0.0728 e. The van der Waals surface area contributed by atoms with Crippen molar-refractivity contribution in [1.82, 2.24) is 0 Å². The molecular formula is C28H22. The number of fused-ring (bicyclic) bond motifs is 10. The van der Waals surface area contributed by atoms with Crippen LogP contribution < -0.4 is 0 Å². The second-order valence-corrected chi connectivity index (χ2v) is 8.39. The highest BCUT2D eigenvalue weighted by Crippen LogP contribution is 2.63. The van der Waals surface area contributed by atoms with E-state index in [1.165, 1.54) is 61.2 Å². The van der Waals surface area contributed by atoms with Gasteiger partial charge in [-0.05, 0) is 70.8 Å². The quantitative estimate of drug-likeness (QED) is 0.275. The average Bonchev–Trinajstić information content (AvgIpc) is 3.14. The second-order valence-electron chi connectivity index (χ2n) is 8.39. The van der Waals surface area contributed by atoms with Crippen LogP contribution in [-0.4, -0.2) is 0 Å². The lowest BCUT2D eigenvalue weighted by molar-refractivity contribution is 0.785. The van der Waals surface area contributed by atoms with Crippen molar-refractivity contribution < 1.29 is 0 Å². The highest BCUT2D eigenvalue weighted by atomic mass is 14.5. The number of rotatable bonds is 0. The summed E-state index contributed by atoms with van der Waals surface area (Å²) >= 11 is 0. The molecule has 1 spiro atoms. The number of hydrogen-bond donors (Lipinski definition) is 0. The van der Waals surface area contributed by atoms with Crippen LogP contribution in [0.25, 0.3) is 22.3 Å². The Labute approximate surface area is 166 Å². The van der Waals surface area contributed by atoms with Gasteiger partial charge in [-0.3, -0.25) is 0 Å². The van der Waals surface area contributed by atoms with E-state index in [4.69, 9.17) is 0 Å². The zero-order valence-electron chi connectivity index (χ0n) is 16.5. The molecule has 0 aromatic heterocycles. The van der Waals surface area contributed by atoms with Gasteiger partial charge in [-0.2, -0.15) is 0 Å². The third-order valence-electron chi connectivity index (χ3n) is 6.68. The lowest BCUT2D eigenvalue weighted by Crippen LogP contribution is -2.27. The number of hydrogen-bond acceptors (Lipinski definition) is 0. The predicted octanol–water partition coefficient (Wildman–Crippen LogP) is 6.96. The van der Waals surface area contributed by atoms with E-state index < -0.39 is 0 Å². The van der Waals surface area contributed by atoms with Crippen LogP contribution in [0.3, 0.4) is 0 Å². The van der Waals surface area contributed by atoms with Gasteiger partial charge in [-0.15, -0.1) is 0 Å². The minimum absolute atomic E-state index is 0.207. The van der Waals surface area contributed by atoms with Crippen LogP contribution in [0.5, 0.6) is 0 Å². The third kappa shape index (κ3) is 1.72. The molecule has 28 heavy (non-hydrogen) atoms. The molecule has 0 unspecified atom stereocenters. The van der Waals surface area contributed by atoms with Gasteiger partial charge >= 0.3 is 0 Å². The molecule has 0 saturated heterocycles. The topological polar surface area (TPSA) is 0 Å². The first-order valence-corrected chi connectivity index (χ1v) is 10.0. The van der Waals surface area contributed by atoms with Crippen molar-refractivity contribution in [3.63, 3.8) is 0 Å². The van der Waals surface area contributed by atoms with Crippen molar-refractivity contribution in [2.75, 3.05) is 0 Å². The van der Waals surface area contributed by atoms with Gasteiger partial charge in [0.1, 0.15) is 0 Å². The summed E-state index contributed by atoms with van der Waals surface area (Å²) in [5.41, 5.74) is 15.1. The number of aryl methyl sites for hydroxylation is 3. The van der Waals surface area contributed by atoms with Crippen molar-refractivity contribution in [3.05, 3.63) is 118 Å². The summed E-state index contributed by atoms with van der Waals surface area (Å²) in [7, 11) is 0. The molecule has 0 aliphatic heterocycles. The summed E-state index contributed by atoms with van der Waals surface area (Å²) < 4.78 is 0. The summed E-state index contributed by atoms with van der Waals surface area (Å²) in [5, 5.41) is 0. The molecule has 0 nitrogen and oxygen atoms in total. The standard InChI is InChI=1S/C28H22/c1-17-12-13-22-23-15-18(2)14-19(3)27(23)28(26(22)16-17)24-10-6-4-8-20(24)21-9-5-7-11-25(21)28/h4-16H,1-3H3. The Morgan fingerprint density at radius 1 is 0.500 bits per heavy atom. The monoisotopic (exact) mass is 358 g/mol. The highest BCUT2D eigenvalue weighted by Gasteiger charge is 2.52. The Hall–Kier alpha value is -3.12. The molecule has 0 saturated carbocycles. The van der Waals surface area contributed by atoms with E-state index in [0.29, 0.717) is 0 Å². The van der Waals surface area contributed by atoms with Gasteiger partial charge < -0.3 is 0 Å². The van der Waals surface area contributed by atoms with Gasteiger partial charge in [-0.1, -0.05) is 90.0 Å². The highest BCUT2D eigenvalue weighted by molar-refractivity contribution is 5.95. The van der Waals surface area contributed by atoms with Crippen LogP contribution in [-0.2, 0) is 5.41 Å². The fourth-order valence-electron chi connectivity index (χ4n) is 5.81. The summed E-state index contributed by atoms with van der Waals surface area (Å²) in [6.07, 6.45) is 0. The van der Waals surface area contributed by atoms with Crippen molar-refractivity contribution in [2.24, 2.45) is 0 Å². The van der Waals surface area contributed by atoms with Crippen molar-refractivity contribution in [2.45, 2.75) is 26.2 Å². The molecule has 0 N–H and O–H groups in total. The average molecular weight is 358 g/mol. The van der Waals surface area contributed by atoms with Crippen molar-refractivity contribution >= 4 is 0 Å².